The quantitative estimate of drug-likeness (QED) is 0.373. The molecule has 2 rings (SSSR count). The van der Waals surface area contributed by atoms with E-state index in [2.05, 4.69) is 5.10 Å². The van der Waals surface area contributed by atoms with Gasteiger partial charge in [0.15, 0.2) is 0 Å². The lowest BCUT2D eigenvalue weighted by atomic mass is 10.0. The SMILES string of the molecule is NN=Cc1c(O)ccc2ccc(O)cc12. The Morgan fingerprint density at radius 1 is 1.13 bits per heavy atom. The van der Waals surface area contributed by atoms with Crippen LogP contribution in [0.15, 0.2) is 35.4 Å². The number of nitrogens with zero attached hydrogens (tertiary/aromatic N) is 1. The van der Waals surface area contributed by atoms with E-state index in [4.69, 9.17) is 5.84 Å². The molecular formula is C11H10N2O2. The molecule has 15 heavy (non-hydrogen) atoms. The van der Waals surface area contributed by atoms with Gasteiger partial charge in [0.05, 0.1) is 6.21 Å². The number of phenols is 2. The third kappa shape index (κ3) is 1.57. The average molecular weight is 202 g/mol. The van der Waals surface area contributed by atoms with Gasteiger partial charge in [-0.15, -0.1) is 0 Å². The molecule has 0 fully saturated rings. The van der Waals surface area contributed by atoms with E-state index in [1.54, 1.807) is 30.3 Å². The van der Waals surface area contributed by atoms with Crippen LogP contribution in [0, 0.1) is 0 Å². The van der Waals surface area contributed by atoms with Gasteiger partial charge >= 0.3 is 0 Å². The molecule has 2 aromatic rings. The van der Waals surface area contributed by atoms with Crippen molar-refractivity contribution < 1.29 is 10.2 Å². The van der Waals surface area contributed by atoms with Crippen molar-refractivity contribution in [1.29, 1.82) is 0 Å². The van der Waals surface area contributed by atoms with E-state index in [-0.39, 0.29) is 11.5 Å². The van der Waals surface area contributed by atoms with Crippen LogP contribution >= 0.6 is 0 Å². The summed E-state index contributed by atoms with van der Waals surface area (Å²) in [5.41, 5.74) is 0.505. The van der Waals surface area contributed by atoms with Crippen molar-refractivity contribution in [1.82, 2.24) is 0 Å². The molecule has 0 amide bonds. The fraction of sp³-hybridized carbons (Fsp3) is 0. The summed E-state index contributed by atoms with van der Waals surface area (Å²) >= 11 is 0. The highest BCUT2D eigenvalue weighted by Crippen LogP contribution is 2.28. The summed E-state index contributed by atoms with van der Waals surface area (Å²) < 4.78 is 0. The zero-order chi connectivity index (χ0) is 10.8. The van der Waals surface area contributed by atoms with Crippen LogP contribution in [-0.4, -0.2) is 16.4 Å². The van der Waals surface area contributed by atoms with Gasteiger partial charge in [-0.05, 0) is 29.0 Å². The van der Waals surface area contributed by atoms with E-state index in [0.717, 1.165) is 5.39 Å². The summed E-state index contributed by atoms with van der Waals surface area (Å²) in [5.74, 6) is 5.28. The Hall–Kier alpha value is -2.23. The Labute approximate surface area is 86.3 Å². The topological polar surface area (TPSA) is 78.8 Å². The second-order valence-electron chi connectivity index (χ2n) is 3.18. The van der Waals surface area contributed by atoms with Gasteiger partial charge in [0.25, 0.3) is 0 Å². The molecule has 0 aromatic heterocycles. The number of hydrogen-bond acceptors (Lipinski definition) is 4. The second kappa shape index (κ2) is 3.49. The third-order valence-corrected chi connectivity index (χ3v) is 2.23. The molecule has 0 radical (unpaired) electrons. The van der Waals surface area contributed by atoms with Gasteiger partial charge in [-0.2, -0.15) is 5.10 Å². The lowest BCUT2D eigenvalue weighted by molar-refractivity contribution is 0.474. The molecule has 0 spiro atoms. The molecule has 0 aliphatic carbocycles. The van der Waals surface area contributed by atoms with Gasteiger partial charge < -0.3 is 16.1 Å². The number of aromatic hydroxyl groups is 2. The van der Waals surface area contributed by atoms with E-state index < -0.39 is 0 Å². The molecule has 0 aliphatic heterocycles. The van der Waals surface area contributed by atoms with Crippen LogP contribution in [0.3, 0.4) is 0 Å². The summed E-state index contributed by atoms with van der Waals surface area (Å²) in [4.78, 5) is 0. The summed E-state index contributed by atoms with van der Waals surface area (Å²) in [6.07, 6.45) is 1.36. The van der Waals surface area contributed by atoms with Crippen molar-refractivity contribution >= 4 is 17.0 Å². The molecule has 0 aliphatic rings. The van der Waals surface area contributed by atoms with Gasteiger partial charge in [0.2, 0.25) is 0 Å². The van der Waals surface area contributed by atoms with Crippen LogP contribution in [0.1, 0.15) is 5.56 Å². The van der Waals surface area contributed by atoms with Crippen molar-refractivity contribution in [2.75, 3.05) is 0 Å². The first-order valence-corrected chi connectivity index (χ1v) is 4.40. The van der Waals surface area contributed by atoms with Gasteiger partial charge in [-0.1, -0.05) is 12.1 Å². The van der Waals surface area contributed by atoms with Crippen molar-refractivity contribution in [2.24, 2.45) is 10.9 Å². The first-order chi connectivity index (χ1) is 7.22. The smallest absolute Gasteiger partial charge is 0.125 e. The fourth-order valence-electron chi connectivity index (χ4n) is 1.53. The van der Waals surface area contributed by atoms with Gasteiger partial charge in [-0.25, -0.2) is 0 Å². The second-order valence-corrected chi connectivity index (χ2v) is 3.18. The minimum Gasteiger partial charge on any atom is -0.508 e. The maximum absolute atomic E-state index is 9.60. The molecule has 0 saturated heterocycles. The monoisotopic (exact) mass is 202 g/mol. The Kier molecular flexibility index (Phi) is 2.17. The zero-order valence-corrected chi connectivity index (χ0v) is 7.88. The van der Waals surface area contributed by atoms with Gasteiger partial charge in [0.1, 0.15) is 11.5 Å². The normalized spacial score (nSPS) is 11.2. The highest BCUT2D eigenvalue weighted by Gasteiger charge is 2.05. The first-order valence-electron chi connectivity index (χ1n) is 4.40. The number of hydrogen-bond donors (Lipinski definition) is 3. The molecule has 0 heterocycles. The number of hydrazone groups is 1. The lowest BCUT2D eigenvalue weighted by Crippen LogP contribution is -1.89. The van der Waals surface area contributed by atoms with Crippen LogP contribution in [0.25, 0.3) is 10.8 Å². The van der Waals surface area contributed by atoms with Crippen molar-refractivity contribution in [3.8, 4) is 11.5 Å². The molecular weight excluding hydrogens is 192 g/mol. The fourth-order valence-corrected chi connectivity index (χ4v) is 1.53. The van der Waals surface area contributed by atoms with Crippen LogP contribution in [0.5, 0.6) is 11.5 Å². The minimum atomic E-state index is 0.0855. The molecule has 4 N–H and O–H groups in total. The summed E-state index contributed by atoms with van der Waals surface area (Å²) in [5, 5.41) is 24.0. The Morgan fingerprint density at radius 3 is 2.60 bits per heavy atom. The zero-order valence-electron chi connectivity index (χ0n) is 7.88. The largest absolute Gasteiger partial charge is 0.508 e. The van der Waals surface area contributed by atoms with Crippen molar-refractivity contribution in [3.05, 3.63) is 35.9 Å². The number of fused-ring (bicyclic) bond motifs is 1. The van der Waals surface area contributed by atoms with Crippen LogP contribution in [-0.2, 0) is 0 Å². The predicted molar refractivity (Wildman–Crippen MR) is 59.1 cm³/mol. The number of phenolic OH excluding ortho intramolecular Hbond substituents is 2. The van der Waals surface area contributed by atoms with E-state index in [9.17, 15) is 10.2 Å². The first kappa shape index (κ1) is 9.33. The van der Waals surface area contributed by atoms with E-state index in [1.165, 1.54) is 6.21 Å². The Balaban J connectivity index is 2.84. The van der Waals surface area contributed by atoms with Crippen molar-refractivity contribution in [3.63, 3.8) is 0 Å². The molecule has 2 aromatic carbocycles. The van der Waals surface area contributed by atoms with E-state index in [1.807, 2.05) is 0 Å². The number of nitrogens with two attached hydrogens (primary N) is 1. The molecule has 0 saturated carbocycles. The van der Waals surface area contributed by atoms with Crippen LogP contribution in [0.2, 0.25) is 0 Å². The summed E-state index contributed by atoms with van der Waals surface area (Å²) in [6, 6.07) is 8.24. The van der Waals surface area contributed by atoms with E-state index in [0.29, 0.717) is 10.9 Å². The molecule has 0 unspecified atom stereocenters. The maximum atomic E-state index is 9.60. The summed E-state index contributed by atoms with van der Waals surface area (Å²) in [6.45, 7) is 0. The van der Waals surface area contributed by atoms with Crippen molar-refractivity contribution in [2.45, 2.75) is 0 Å². The minimum absolute atomic E-state index is 0.0855. The number of rotatable bonds is 1. The summed E-state index contributed by atoms with van der Waals surface area (Å²) in [7, 11) is 0. The molecule has 0 atom stereocenters. The molecule has 0 bridgehead atoms. The standard InChI is InChI=1S/C11H10N2O2/c12-13-6-10-9-5-8(14)3-1-7(9)2-4-11(10)15/h1-6,14-15H,12H2. The van der Waals surface area contributed by atoms with E-state index >= 15 is 0 Å². The van der Waals surface area contributed by atoms with Crippen LogP contribution in [0.4, 0.5) is 0 Å². The highest BCUT2D eigenvalue weighted by atomic mass is 16.3. The number of benzene rings is 2. The molecule has 4 heteroatoms. The molecule has 4 nitrogen and oxygen atoms in total. The predicted octanol–water partition coefficient (Wildman–Crippen LogP) is 1.54. The Bertz CT molecular complexity index is 530. The molecule has 76 valence electrons. The van der Waals surface area contributed by atoms with Gasteiger partial charge in [0, 0.05) is 5.56 Å². The Morgan fingerprint density at radius 2 is 1.87 bits per heavy atom. The van der Waals surface area contributed by atoms with Gasteiger partial charge in [-0.3, -0.25) is 0 Å². The third-order valence-electron chi connectivity index (χ3n) is 2.23. The lowest BCUT2D eigenvalue weighted by Gasteiger charge is -2.04. The maximum Gasteiger partial charge on any atom is 0.125 e. The average Bonchev–Trinajstić information content (AvgIpc) is 2.23. The van der Waals surface area contributed by atoms with Crippen LogP contribution < -0.4 is 5.84 Å². The highest BCUT2D eigenvalue weighted by molar-refractivity contribution is 6.02.